The van der Waals surface area contributed by atoms with Gasteiger partial charge >= 0.3 is 0 Å². The lowest BCUT2D eigenvalue weighted by atomic mass is 11.8. The van der Waals surface area contributed by atoms with Crippen molar-refractivity contribution >= 4 is 856 Å². The Morgan fingerprint density at radius 1 is 0.157 bits per heavy atom. The molecule has 0 aliphatic heterocycles. The minimum atomic E-state index is -1.81. The number of thiol groups is 1. The number of hydrogen-bond acceptors (Lipinski definition) is 87. The molecular formula is CH4OS87. The van der Waals surface area contributed by atoms with E-state index in [-0.39, 0.29) is 0 Å². The fourth-order valence-corrected chi connectivity index (χ4v) is 231. The van der Waals surface area contributed by atoms with Crippen LogP contribution in [0.1, 0.15) is 0 Å². The molecule has 0 heterocycles. The molecule has 0 bridgehead atoms. The Hall–Kier alpha value is 30.2. The Morgan fingerprint density at radius 2 is 0.236 bits per heavy atom. The summed E-state index contributed by atoms with van der Waals surface area (Å²) in [5.41, 5.74) is 0. The Bertz CT molecular complexity index is 1300. The molecule has 0 rings (SSSR count). The zero-order valence-electron chi connectivity index (χ0n) is 37.0. The third-order valence-electron chi connectivity index (χ3n) is 2.57. The standard InChI is InChI=1S/CH4OS87/c1-2-89(4,5)88-87-86-85-84-83-82-81-80-79-78-77-76-75-74-73-72-71-70-69-68-67-66-65-64-63-62-61-60-59-58-57-56-55-54-53-52-51-50-49-48-47-46-45-44-43-42-41-40-39-38-37-36-35-34-33-32-31-30-29-28-27-26-25-24-23-22-21-20-19-18-17-16-15-14-13-12-11-10-9-8-7-6-3/h3H,1H3. The van der Waals surface area contributed by atoms with Crippen molar-refractivity contribution in [1.29, 1.82) is 0 Å². The fourth-order valence-electron chi connectivity index (χ4n) is 0.981. The van der Waals surface area contributed by atoms with Crippen LogP contribution in [-0.2, 0) is 33.0 Å². The lowest BCUT2D eigenvalue weighted by Crippen LogP contribution is -1.87. The summed E-state index contributed by atoms with van der Waals surface area (Å²) >= 11 is 14.5. The minimum absolute atomic E-state index is 1.46. The maximum absolute atomic E-state index is 5.18. The highest BCUT2D eigenvalue weighted by Crippen LogP contribution is 2.72. The SMILES string of the molecule is COS(=S)(=S)SSSSSSSSSSSSSSSSSSSSSSSSSSSSSSSSSSSSSSSSSSSSSSSSSSSSSSSSSSSSSSSSSSSSSSSSSSSSSSSSSSSS. The van der Waals surface area contributed by atoms with Crippen molar-refractivity contribution in [2.75, 3.05) is 7.11 Å². The molecule has 0 amide bonds. The number of rotatable bonds is 84. The van der Waals surface area contributed by atoms with Crippen LogP contribution in [0.25, 0.3) is 0 Å². The minimum Gasteiger partial charge on any atom is -0.305 e. The molecule has 0 atom stereocenters. The van der Waals surface area contributed by atoms with Crippen molar-refractivity contribution in [3.8, 4) is 0 Å². The lowest BCUT2D eigenvalue weighted by molar-refractivity contribution is 0.491. The van der Waals surface area contributed by atoms with Crippen molar-refractivity contribution in [3.63, 3.8) is 0 Å². The van der Waals surface area contributed by atoms with Crippen molar-refractivity contribution in [2.24, 2.45) is 0 Å². The first kappa shape index (κ1) is 119. The summed E-state index contributed by atoms with van der Waals surface area (Å²) < 4.78 is 5.12. The summed E-state index contributed by atoms with van der Waals surface area (Å²) in [6.07, 6.45) is 0. The molecule has 0 aliphatic carbocycles. The summed E-state index contributed by atoms with van der Waals surface area (Å²) in [6, 6.07) is 0. The van der Waals surface area contributed by atoms with Crippen LogP contribution < -0.4 is 0 Å². The molecule has 0 saturated heterocycles. The Balaban J connectivity index is 3.09. The molecule has 0 aliphatic rings. The quantitative estimate of drug-likeness (QED) is 0.0352. The van der Waals surface area contributed by atoms with Gasteiger partial charge in [0.2, 0.25) is 0 Å². The smallest absolute Gasteiger partial charge is 0.0817 e. The predicted octanol–water partition coefficient (Wildman–Crippen LogP) is 54.3. The van der Waals surface area contributed by atoms with Crippen molar-refractivity contribution in [1.82, 2.24) is 0 Å². The molecule has 0 N–H and O–H groups in total. The Morgan fingerprint density at radius 3 is 0.315 bits per heavy atom. The van der Waals surface area contributed by atoms with Crippen LogP contribution in [-0.4, -0.2) is 7.11 Å². The molecular weight excluding hydrogens is 2820 g/mol. The number of hydrogen-bond donors (Lipinski definition) is 1. The largest absolute Gasteiger partial charge is 0.305 e. The van der Waals surface area contributed by atoms with E-state index in [9.17, 15) is 0 Å². The van der Waals surface area contributed by atoms with E-state index in [1.54, 1.807) is 145 Å². The molecule has 0 aromatic heterocycles. The summed E-state index contributed by atoms with van der Waals surface area (Å²) in [4.78, 5) is 0. The third kappa shape index (κ3) is 114. The van der Waals surface area contributed by atoms with E-state index < -0.39 is 6.46 Å². The van der Waals surface area contributed by atoms with E-state index in [1.807, 2.05) is 658 Å². The van der Waals surface area contributed by atoms with Crippen molar-refractivity contribution < 1.29 is 4.18 Å². The second-order valence-electron chi connectivity index (χ2n) is 6.23. The van der Waals surface area contributed by atoms with Crippen LogP contribution in [0.3, 0.4) is 0 Å². The van der Waals surface area contributed by atoms with E-state index in [0.29, 0.717) is 0 Å². The monoisotopic (exact) mass is 2810 g/mol. The van der Waals surface area contributed by atoms with E-state index >= 15 is 0 Å². The van der Waals surface area contributed by atoms with E-state index in [0.717, 1.165) is 0 Å². The zero-order chi connectivity index (χ0) is 63.9. The molecule has 88 heteroatoms. The molecule has 536 valence electrons. The van der Waals surface area contributed by atoms with Gasteiger partial charge in [0.1, 0.15) is 0 Å². The van der Waals surface area contributed by atoms with Crippen LogP contribution in [0.5, 0.6) is 0 Å². The van der Waals surface area contributed by atoms with Gasteiger partial charge in [-0.1, -0.05) is 11.7 Å². The van der Waals surface area contributed by atoms with Gasteiger partial charge in [0.05, 0.1) is 13.6 Å². The first-order valence-corrected chi connectivity index (χ1v) is 130. The molecule has 0 radical (unpaired) electrons. The highest BCUT2D eigenvalue weighted by Gasteiger charge is 2.09. The van der Waals surface area contributed by atoms with E-state index in [1.165, 1.54) is 19.7 Å². The first-order chi connectivity index (χ1) is 44.1. The van der Waals surface area contributed by atoms with Gasteiger partial charge in [-0.05, 0) is 101 Å². The second-order valence-corrected chi connectivity index (χ2v) is 161. The highest BCUT2D eigenvalue weighted by atomic mass is 34.1. The fraction of sp³-hybridized carbons (Fsp3) is 1.00. The highest BCUT2D eigenvalue weighted by molar-refractivity contribution is 9.67. The van der Waals surface area contributed by atoms with Gasteiger partial charge in [-0.25, -0.2) is 0 Å². The van der Waals surface area contributed by atoms with Crippen LogP contribution in [0.15, 0.2) is 0 Å². The van der Waals surface area contributed by atoms with Gasteiger partial charge in [0.25, 0.3) is 0 Å². The van der Waals surface area contributed by atoms with Crippen LogP contribution >= 0.6 is 827 Å². The normalized spacial score (nSPS) is 12.0. The average molecular weight is 2820 g/mol. The first-order valence-electron chi connectivity index (χ1n) is 14.9. The summed E-state index contributed by atoms with van der Waals surface area (Å²) in [7, 11) is 151. The molecule has 89 heavy (non-hydrogen) atoms. The van der Waals surface area contributed by atoms with Crippen molar-refractivity contribution in [2.45, 2.75) is 0 Å². The van der Waals surface area contributed by atoms with Crippen molar-refractivity contribution in [3.05, 3.63) is 0 Å². The molecule has 0 spiro atoms. The second kappa shape index (κ2) is 112. The lowest BCUT2D eigenvalue weighted by Gasteiger charge is -2.03. The van der Waals surface area contributed by atoms with Gasteiger partial charge in [0, 0.05) is 737 Å². The maximum atomic E-state index is 5.18. The molecule has 0 saturated carbocycles. The molecule has 0 unspecified atom stereocenters. The van der Waals surface area contributed by atoms with E-state index in [4.69, 9.17) is 26.6 Å². The summed E-state index contributed by atoms with van der Waals surface area (Å²) in [6.45, 7) is -1.81. The van der Waals surface area contributed by atoms with Crippen LogP contribution in [0, 0.1) is 0 Å². The summed E-state index contributed by atoms with van der Waals surface area (Å²) in [5.74, 6) is 0. The van der Waals surface area contributed by atoms with Gasteiger partial charge < -0.3 is 4.18 Å². The van der Waals surface area contributed by atoms with Gasteiger partial charge in [-0.15, -0.1) is 0 Å². The molecule has 0 aromatic rings. The van der Waals surface area contributed by atoms with Gasteiger partial charge in [-0.2, -0.15) is 0 Å². The Labute approximate surface area is 842 Å². The molecule has 0 fully saturated rings. The topological polar surface area (TPSA) is 9.23 Å². The predicted molar refractivity (Wildman–Crippen MR) is 668 cm³/mol. The van der Waals surface area contributed by atoms with E-state index in [2.05, 4.69) is 11.7 Å². The Kier molecular flexibility index (Phi) is 150. The maximum Gasteiger partial charge on any atom is 0.0817 e. The zero-order valence-corrected chi connectivity index (χ0v) is 108. The van der Waals surface area contributed by atoms with Gasteiger partial charge in [-0.3, -0.25) is 0 Å². The van der Waals surface area contributed by atoms with Crippen LogP contribution in [0.4, 0.5) is 0 Å². The summed E-state index contributed by atoms with van der Waals surface area (Å²) in [5, 5.41) is 0. The average Bonchev–Trinajstić information content (AvgIpc) is 3.55. The van der Waals surface area contributed by atoms with Gasteiger partial charge in [0.15, 0.2) is 0 Å². The molecule has 1 nitrogen and oxygen atoms in total. The van der Waals surface area contributed by atoms with Crippen LogP contribution in [0.2, 0.25) is 0 Å². The third-order valence-corrected chi connectivity index (χ3v) is 192. The molecule has 0 aromatic carbocycles.